The van der Waals surface area contributed by atoms with Crippen molar-refractivity contribution in [2.24, 2.45) is 5.92 Å². The lowest BCUT2D eigenvalue weighted by Gasteiger charge is -2.43. The summed E-state index contributed by atoms with van der Waals surface area (Å²) in [7, 11) is 1.63. The number of rotatable bonds is 3. The fourth-order valence-corrected chi connectivity index (χ4v) is 4.22. The van der Waals surface area contributed by atoms with E-state index in [4.69, 9.17) is 9.47 Å². The summed E-state index contributed by atoms with van der Waals surface area (Å²) < 4.78 is 16.2. The third kappa shape index (κ3) is 2.36. The van der Waals surface area contributed by atoms with Gasteiger partial charge in [-0.25, -0.2) is 4.79 Å². The molecule has 2 aromatic rings. The van der Waals surface area contributed by atoms with Gasteiger partial charge in [0.05, 0.1) is 11.8 Å². The van der Waals surface area contributed by atoms with Crippen molar-refractivity contribution < 1.29 is 14.3 Å². The van der Waals surface area contributed by atoms with Crippen molar-refractivity contribution in [3.8, 4) is 5.75 Å². The summed E-state index contributed by atoms with van der Waals surface area (Å²) in [5, 5.41) is 0.845. The molecule has 1 unspecified atom stereocenters. The molecule has 6 heteroatoms. The number of piperidine rings is 3. The molecule has 5 nitrogen and oxygen atoms in total. The van der Waals surface area contributed by atoms with Crippen LogP contribution in [0.5, 0.6) is 5.75 Å². The summed E-state index contributed by atoms with van der Waals surface area (Å²) >= 11 is 1.31. The van der Waals surface area contributed by atoms with Crippen LogP contribution in [0, 0.1) is 5.92 Å². The third-order valence-corrected chi connectivity index (χ3v) is 5.54. The average molecular weight is 318 g/mol. The summed E-state index contributed by atoms with van der Waals surface area (Å²) in [6.45, 7) is 3.14. The van der Waals surface area contributed by atoms with Gasteiger partial charge in [0.15, 0.2) is 5.69 Å². The number of aromatic nitrogens is 1. The van der Waals surface area contributed by atoms with E-state index in [2.05, 4.69) is 9.27 Å². The molecule has 0 spiro atoms. The van der Waals surface area contributed by atoms with E-state index in [1.807, 2.05) is 18.2 Å². The predicted octanol–water partition coefficient (Wildman–Crippen LogP) is 2.56. The minimum Gasteiger partial charge on any atom is -0.497 e. The van der Waals surface area contributed by atoms with Crippen LogP contribution in [0.2, 0.25) is 0 Å². The Labute approximate surface area is 133 Å². The van der Waals surface area contributed by atoms with Crippen molar-refractivity contribution in [2.75, 3.05) is 26.7 Å². The highest BCUT2D eigenvalue weighted by atomic mass is 32.1. The van der Waals surface area contributed by atoms with E-state index in [9.17, 15) is 4.79 Å². The highest BCUT2D eigenvalue weighted by molar-refractivity contribution is 7.13. The van der Waals surface area contributed by atoms with Gasteiger partial charge in [-0.1, -0.05) is 0 Å². The summed E-state index contributed by atoms with van der Waals surface area (Å²) in [6.07, 6.45) is 2.28. The number of benzene rings is 1. The smallest absolute Gasteiger partial charge is 0.359 e. The van der Waals surface area contributed by atoms with E-state index >= 15 is 0 Å². The first kappa shape index (κ1) is 14.0. The van der Waals surface area contributed by atoms with Gasteiger partial charge in [-0.05, 0) is 61.6 Å². The topological polar surface area (TPSA) is 51.7 Å². The molecule has 1 aromatic carbocycles. The lowest BCUT2D eigenvalue weighted by molar-refractivity contribution is -0.0457. The number of fused-ring (bicyclic) bond motifs is 4. The molecule has 3 aliphatic rings. The number of hydrogen-bond acceptors (Lipinski definition) is 6. The highest BCUT2D eigenvalue weighted by Crippen LogP contribution is 2.32. The van der Waals surface area contributed by atoms with Crippen molar-refractivity contribution in [1.29, 1.82) is 0 Å². The second kappa shape index (κ2) is 5.52. The quantitative estimate of drug-likeness (QED) is 0.814. The van der Waals surface area contributed by atoms with Crippen LogP contribution in [0.1, 0.15) is 23.3 Å². The first-order valence-corrected chi connectivity index (χ1v) is 8.38. The molecule has 116 valence electrons. The Balaban J connectivity index is 1.55. The van der Waals surface area contributed by atoms with E-state index in [-0.39, 0.29) is 12.1 Å². The Hall–Kier alpha value is -1.66. The van der Waals surface area contributed by atoms with E-state index in [1.54, 1.807) is 7.11 Å². The maximum absolute atomic E-state index is 12.5. The normalized spacial score (nSPS) is 27.0. The van der Waals surface area contributed by atoms with Crippen molar-refractivity contribution >= 4 is 27.6 Å². The molecule has 1 atom stereocenters. The Morgan fingerprint density at radius 1 is 1.36 bits per heavy atom. The Morgan fingerprint density at radius 2 is 2.18 bits per heavy atom. The van der Waals surface area contributed by atoms with Gasteiger partial charge in [-0.3, -0.25) is 4.90 Å². The summed E-state index contributed by atoms with van der Waals surface area (Å²) in [5.41, 5.74) is 0.430. The van der Waals surface area contributed by atoms with Gasteiger partial charge in [0.25, 0.3) is 0 Å². The van der Waals surface area contributed by atoms with Gasteiger partial charge < -0.3 is 9.47 Å². The van der Waals surface area contributed by atoms with Crippen LogP contribution in [0.4, 0.5) is 0 Å². The van der Waals surface area contributed by atoms with Crippen molar-refractivity contribution in [1.82, 2.24) is 9.27 Å². The zero-order valence-corrected chi connectivity index (χ0v) is 13.3. The van der Waals surface area contributed by atoms with Gasteiger partial charge in [-0.15, -0.1) is 0 Å². The largest absolute Gasteiger partial charge is 0.497 e. The molecule has 3 fully saturated rings. The van der Waals surface area contributed by atoms with Crippen LogP contribution in [-0.4, -0.2) is 48.1 Å². The van der Waals surface area contributed by atoms with E-state index in [0.29, 0.717) is 11.6 Å². The van der Waals surface area contributed by atoms with Gasteiger partial charge in [0.1, 0.15) is 11.9 Å². The van der Waals surface area contributed by atoms with Crippen molar-refractivity contribution in [3.05, 3.63) is 23.9 Å². The summed E-state index contributed by atoms with van der Waals surface area (Å²) in [5.74, 6) is 0.988. The fourth-order valence-electron chi connectivity index (χ4n) is 3.43. The minimum atomic E-state index is -0.296. The van der Waals surface area contributed by atoms with Crippen LogP contribution in [-0.2, 0) is 4.74 Å². The van der Waals surface area contributed by atoms with Crippen LogP contribution in [0.3, 0.4) is 0 Å². The van der Waals surface area contributed by atoms with Crippen LogP contribution >= 0.6 is 11.5 Å². The van der Waals surface area contributed by atoms with Crippen LogP contribution < -0.4 is 4.74 Å². The molecule has 22 heavy (non-hydrogen) atoms. The molecule has 0 aliphatic carbocycles. The molecule has 0 saturated carbocycles. The van der Waals surface area contributed by atoms with Crippen molar-refractivity contribution in [3.63, 3.8) is 0 Å². The number of methoxy groups -OCH3 is 1. The van der Waals surface area contributed by atoms with E-state index < -0.39 is 0 Å². The average Bonchev–Trinajstić information content (AvgIpc) is 2.99. The van der Waals surface area contributed by atoms with Gasteiger partial charge >= 0.3 is 5.97 Å². The zero-order chi connectivity index (χ0) is 15.1. The van der Waals surface area contributed by atoms with Gasteiger partial charge in [0, 0.05) is 11.9 Å². The van der Waals surface area contributed by atoms with Crippen molar-refractivity contribution in [2.45, 2.75) is 18.9 Å². The highest BCUT2D eigenvalue weighted by Gasteiger charge is 2.37. The Morgan fingerprint density at radius 3 is 2.86 bits per heavy atom. The predicted molar refractivity (Wildman–Crippen MR) is 84.5 cm³/mol. The number of carbonyl (C=O) groups is 1. The molecule has 0 N–H and O–H groups in total. The van der Waals surface area contributed by atoms with Gasteiger partial charge in [-0.2, -0.15) is 4.37 Å². The molecule has 5 rings (SSSR count). The van der Waals surface area contributed by atoms with Gasteiger partial charge in [0.2, 0.25) is 0 Å². The third-order valence-electron chi connectivity index (χ3n) is 4.73. The molecular weight excluding hydrogens is 300 g/mol. The molecule has 4 heterocycles. The lowest BCUT2D eigenvalue weighted by atomic mass is 9.86. The number of esters is 1. The fraction of sp³-hybridized carbons (Fsp3) is 0.500. The molecular formula is C16H18N2O3S. The summed E-state index contributed by atoms with van der Waals surface area (Å²) in [4.78, 5) is 14.9. The molecule has 2 bridgehead atoms. The SMILES string of the molecule is COc1ccc2c(C(=O)OC3CN4CCC3CC4)nsc2c1. The Bertz CT molecular complexity index is 706. The van der Waals surface area contributed by atoms with Crippen LogP contribution in [0.25, 0.3) is 10.1 Å². The lowest BCUT2D eigenvalue weighted by Crippen LogP contribution is -2.51. The standard InChI is InChI=1S/C16H18N2O3S/c1-20-11-2-3-12-14(8-11)22-17-15(12)16(19)21-13-9-18-6-4-10(13)5-7-18/h2-3,8,10,13H,4-7,9H2,1H3. The molecule has 0 radical (unpaired) electrons. The monoisotopic (exact) mass is 318 g/mol. The number of ether oxygens (including phenoxy) is 2. The molecule has 3 saturated heterocycles. The molecule has 1 aromatic heterocycles. The van der Waals surface area contributed by atoms with Crippen LogP contribution in [0.15, 0.2) is 18.2 Å². The second-order valence-corrected chi connectivity index (χ2v) is 6.78. The van der Waals surface area contributed by atoms with E-state index in [1.165, 1.54) is 11.5 Å². The minimum absolute atomic E-state index is 0.0185. The summed E-state index contributed by atoms with van der Waals surface area (Å²) in [6, 6.07) is 5.63. The number of hydrogen-bond donors (Lipinski definition) is 0. The first-order chi connectivity index (χ1) is 10.7. The first-order valence-electron chi connectivity index (χ1n) is 7.61. The molecule has 3 aliphatic heterocycles. The number of carbonyl (C=O) groups excluding carboxylic acids is 1. The maximum Gasteiger partial charge on any atom is 0.359 e. The van der Waals surface area contributed by atoms with E-state index in [0.717, 1.165) is 48.3 Å². The maximum atomic E-state index is 12.5. The second-order valence-electron chi connectivity index (χ2n) is 5.98. The Kier molecular flexibility index (Phi) is 3.50. The molecule has 0 amide bonds. The zero-order valence-electron chi connectivity index (χ0n) is 12.4. The number of nitrogens with zero attached hydrogens (tertiary/aromatic N) is 2.